The van der Waals surface area contributed by atoms with Crippen LogP contribution in [-0.4, -0.2) is 0 Å². The van der Waals surface area contributed by atoms with Crippen LogP contribution in [0.1, 0.15) is 22.7 Å². The zero-order valence-corrected chi connectivity index (χ0v) is 9.48. The van der Waals surface area contributed by atoms with Gasteiger partial charge in [0, 0.05) is 0 Å². The van der Waals surface area contributed by atoms with Gasteiger partial charge in [-0.1, -0.05) is 60.2 Å². The molecule has 0 aliphatic rings. The summed E-state index contributed by atoms with van der Waals surface area (Å²) in [4.78, 5) is 0. The third-order valence-electron chi connectivity index (χ3n) is 2.76. The number of aryl methyl sites for hydroxylation is 1. The Labute approximate surface area is 96.9 Å². The predicted molar refractivity (Wildman–Crippen MR) is 67.2 cm³/mol. The van der Waals surface area contributed by atoms with Crippen molar-refractivity contribution in [2.45, 2.75) is 19.4 Å². The van der Waals surface area contributed by atoms with Crippen LogP contribution < -0.4 is 5.73 Å². The Hall–Kier alpha value is -1.60. The Morgan fingerprint density at radius 3 is 2.19 bits per heavy atom. The number of nitrogens with one attached hydrogen (secondary N) is 1. The molecule has 1 N–H and O–H groups in total. The van der Waals surface area contributed by atoms with E-state index < -0.39 is 0 Å². The SMILES string of the molecule is Cc1ccc(CC([NH])c2ccccc2)cc1. The first kappa shape index (κ1) is 10.9. The van der Waals surface area contributed by atoms with Crippen molar-refractivity contribution in [2.75, 3.05) is 0 Å². The molecular formula is C15H16N. The lowest BCUT2D eigenvalue weighted by Gasteiger charge is -2.11. The van der Waals surface area contributed by atoms with Gasteiger partial charge < -0.3 is 0 Å². The van der Waals surface area contributed by atoms with Crippen molar-refractivity contribution in [1.82, 2.24) is 5.73 Å². The van der Waals surface area contributed by atoms with Gasteiger partial charge in [0.2, 0.25) is 0 Å². The Morgan fingerprint density at radius 1 is 0.938 bits per heavy atom. The normalized spacial score (nSPS) is 12.4. The van der Waals surface area contributed by atoms with Crippen LogP contribution in [0.15, 0.2) is 54.6 Å². The second-order valence-electron chi connectivity index (χ2n) is 4.15. The van der Waals surface area contributed by atoms with Crippen LogP contribution in [0.25, 0.3) is 0 Å². The molecule has 16 heavy (non-hydrogen) atoms. The minimum absolute atomic E-state index is 0.163. The van der Waals surface area contributed by atoms with Crippen LogP contribution in [-0.2, 0) is 6.42 Å². The molecular weight excluding hydrogens is 194 g/mol. The highest BCUT2D eigenvalue weighted by Gasteiger charge is 2.06. The molecule has 0 amide bonds. The second kappa shape index (κ2) is 4.95. The van der Waals surface area contributed by atoms with Crippen LogP contribution in [0, 0.1) is 6.92 Å². The molecule has 0 heterocycles. The molecule has 0 saturated heterocycles. The zero-order valence-electron chi connectivity index (χ0n) is 9.48. The van der Waals surface area contributed by atoms with Gasteiger partial charge in [0.05, 0.1) is 6.04 Å². The summed E-state index contributed by atoms with van der Waals surface area (Å²) in [6, 6.07) is 18.3. The highest BCUT2D eigenvalue weighted by atomic mass is 14.6. The van der Waals surface area contributed by atoms with E-state index >= 15 is 0 Å². The minimum atomic E-state index is -0.163. The van der Waals surface area contributed by atoms with Gasteiger partial charge in [-0.25, -0.2) is 5.73 Å². The van der Waals surface area contributed by atoms with Gasteiger partial charge in [-0.2, -0.15) is 0 Å². The molecule has 0 aliphatic heterocycles. The second-order valence-corrected chi connectivity index (χ2v) is 4.15. The lowest BCUT2D eigenvalue weighted by Crippen LogP contribution is -2.03. The van der Waals surface area contributed by atoms with E-state index in [2.05, 4.69) is 31.2 Å². The molecule has 2 aromatic carbocycles. The van der Waals surface area contributed by atoms with E-state index in [0.29, 0.717) is 0 Å². The van der Waals surface area contributed by atoms with Crippen LogP contribution in [0.3, 0.4) is 0 Å². The summed E-state index contributed by atoms with van der Waals surface area (Å²) >= 11 is 0. The van der Waals surface area contributed by atoms with Crippen LogP contribution >= 0.6 is 0 Å². The van der Waals surface area contributed by atoms with Gasteiger partial charge in [-0.3, -0.25) is 0 Å². The predicted octanol–water partition coefficient (Wildman–Crippen LogP) is 3.56. The topological polar surface area (TPSA) is 23.8 Å². The smallest absolute Gasteiger partial charge is 0.0502 e. The van der Waals surface area contributed by atoms with Gasteiger partial charge in [-0.05, 0) is 24.5 Å². The average Bonchev–Trinajstić information content (AvgIpc) is 2.33. The van der Waals surface area contributed by atoms with Crippen molar-refractivity contribution in [2.24, 2.45) is 0 Å². The Bertz CT molecular complexity index is 431. The minimum Gasteiger partial charge on any atom is -0.249 e. The van der Waals surface area contributed by atoms with Crippen molar-refractivity contribution < 1.29 is 0 Å². The van der Waals surface area contributed by atoms with Crippen molar-refractivity contribution in [3.8, 4) is 0 Å². The van der Waals surface area contributed by atoms with Crippen molar-refractivity contribution in [1.29, 1.82) is 0 Å². The third kappa shape index (κ3) is 2.71. The van der Waals surface area contributed by atoms with E-state index in [1.807, 2.05) is 30.3 Å². The maximum Gasteiger partial charge on any atom is 0.0502 e. The van der Waals surface area contributed by atoms with Crippen LogP contribution in [0.4, 0.5) is 0 Å². The van der Waals surface area contributed by atoms with Gasteiger partial charge in [0.25, 0.3) is 0 Å². The average molecular weight is 210 g/mol. The molecule has 1 unspecified atom stereocenters. The van der Waals surface area contributed by atoms with Gasteiger partial charge in [0.15, 0.2) is 0 Å². The largest absolute Gasteiger partial charge is 0.249 e. The maximum atomic E-state index is 8.10. The summed E-state index contributed by atoms with van der Waals surface area (Å²) in [6.45, 7) is 2.08. The highest BCUT2D eigenvalue weighted by Crippen LogP contribution is 2.17. The Kier molecular flexibility index (Phi) is 3.37. The molecule has 0 fully saturated rings. The lowest BCUT2D eigenvalue weighted by molar-refractivity contribution is 0.698. The van der Waals surface area contributed by atoms with Crippen LogP contribution in [0.2, 0.25) is 0 Å². The van der Waals surface area contributed by atoms with E-state index in [4.69, 9.17) is 5.73 Å². The van der Waals surface area contributed by atoms with E-state index in [0.717, 1.165) is 12.0 Å². The Morgan fingerprint density at radius 2 is 1.56 bits per heavy atom. The molecule has 0 aromatic heterocycles. The molecule has 1 nitrogen and oxygen atoms in total. The van der Waals surface area contributed by atoms with Crippen molar-refractivity contribution >= 4 is 0 Å². The molecule has 2 rings (SSSR count). The fourth-order valence-electron chi connectivity index (χ4n) is 1.76. The number of hydrogen-bond donors (Lipinski definition) is 0. The molecule has 1 atom stereocenters. The molecule has 2 aromatic rings. The molecule has 1 heteroatoms. The van der Waals surface area contributed by atoms with E-state index in [1.165, 1.54) is 11.1 Å². The molecule has 81 valence electrons. The summed E-state index contributed by atoms with van der Waals surface area (Å²) in [5, 5.41) is 0. The standard InChI is InChI=1S/C15H16N/c1-12-7-9-13(10-8-12)11-15(16)14-5-3-2-4-6-14/h2-10,15-16H,11H2,1H3. The summed E-state index contributed by atoms with van der Waals surface area (Å²) in [7, 11) is 0. The third-order valence-corrected chi connectivity index (χ3v) is 2.76. The molecule has 0 spiro atoms. The van der Waals surface area contributed by atoms with E-state index in [9.17, 15) is 0 Å². The highest BCUT2D eigenvalue weighted by molar-refractivity contribution is 5.25. The van der Waals surface area contributed by atoms with Crippen molar-refractivity contribution in [3.05, 3.63) is 71.3 Å². The zero-order chi connectivity index (χ0) is 11.4. The first-order valence-electron chi connectivity index (χ1n) is 5.57. The van der Waals surface area contributed by atoms with E-state index in [-0.39, 0.29) is 6.04 Å². The summed E-state index contributed by atoms with van der Waals surface area (Å²) in [6.07, 6.45) is 0.782. The first-order chi connectivity index (χ1) is 7.75. The van der Waals surface area contributed by atoms with Gasteiger partial charge in [-0.15, -0.1) is 0 Å². The lowest BCUT2D eigenvalue weighted by atomic mass is 9.99. The summed E-state index contributed by atoms with van der Waals surface area (Å²) in [5.74, 6) is 0. The fourth-order valence-corrected chi connectivity index (χ4v) is 1.76. The van der Waals surface area contributed by atoms with Crippen LogP contribution in [0.5, 0.6) is 0 Å². The van der Waals surface area contributed by atoms with Gasteiger partial charge in [0.1, 0.15) is 0 Å². The number of benzene rings is 2. The summed E-state index contributed by atoms with van der Waals surface area (Å²) in [5.41, 5.74) is 11.7. The molecule has 0 bridgehead atoms. The number of rotatable bonds is 3. The quantitative estimate of drug-likeness (QED) is 0.739. The molecule has 0 aliphatic carbocycles. The van der Waals surface area contributed by atoms with Crippen molar-refractivity contribution in [3.63, 3.8) is 0 Å². The number of hydrogen-bond acceptors (Lipinski definition) is 0. The molecule has 0 saturated carbocycles. The fraction of sp³-hybridized carbons (Fsp3) is 0.200. The Balaban J connectivity index is 2.08. The monoisotopic (exact) mass is 210 g/mol. The van der Waals surface area contributed by atoms with E-state index in [1.54, 1.807) is 0 Å². The maximum absolute atomic E-state index is 8.10. The molecule has 1 radical (unpaired) electrons. The van der Waals surface area contributed by atoms with Gasteiger partial charge >= 0.3 is 0 Å². The summed E-state index contributed by atoms with van der Waals surface area (Å²) < 4.78 is 0. The first-order valence-corrected chi connectivity index (χ1v) is 5.57.